The van der Waals surface area contributed by atoms with Crippen LogP contribution in [-0.2, 0) is 0 Å². The summed E-state index contributed by atoms with van der Waals surface area (Å²) in [5.74, 6) is 2.22. The van der Waals surface area contributed by atoms with Gasteiger partial charge in [0, 0.05) is 13.2 Å². The Bertz CT molecular complexity index is 127. The third-order valence-corrected chi connectivity index (χ3v) is 3.00. The molecule has 1 fully saturated rings. The molecule has 3 atom stereocenters. The van der Waals surface area contributed by atoms with E-state index < -0.39 is 0 Å². The first kappa shape index (κ1) is 10.0. The monoisotopic (exact) mass is 171 g/mol. The SMILES string of the molecule is CCNC[C@@H](CO)[C@@H]1CC1CC. The van der Waals surface area contributed by atoms with Gasteiger partial charge in [0.25, 0.3) is 0 Å². The van der Waals surface area contributed by atoms with Crippen LogP contribution in [0.1, 0.15) is 26.7 Å². The van der Waals surface area contributed by atoms with Gasteiger partial charge < -0.3 is 10.4 Å². The zero-order valence-electron chi connectivity index (χ0n) is 8.21. The van der Waals surface area contributed by atoms with Crippen molar-refractivity contribution < 1.29 is 5.11 Å². The average Bonchev–Trinajstić information content (AvgIpc) is 2.85. The summed E-state index contributed by atoms with van der Waals surface area (Å²) >= 11 is 0. The molecular weight excluding hydrogens is 150 g/mol. The molecule has 2 heteroatoms. The molecule has 72 valence electrons. The van der Waals surface area contributed by atoms with Gasteiger partial charge in [-0.15, -0.1) is 0 Å². The largest absolute Gasteiger partial charge is 0.396 e. The molecule has 12 heavy (non-hydrogen) atoms. The Morgan fingerprint density at radius 1 is 1.50 bits per heavy atom. The molecule has 0 saturated heterocycles. The predicted molar refractivity (Wildman–Crippen MR) is 51.0 cm³/mol. The van der Waals surface area contributed by atoms with Gasteiger partial charge in [-0.3, -0.25) is 0 Å². The van der Waals surface area contributed by atoms with E-state index in [4.69, 9.17) is 5.11 Å². The highest BCUT2D eigenvalue weighted by molar-refractivity contribution is 4.90. The third-order valence-electron chi connectivity index (χ3n) is 3.00. The van der Waals surface area contributed by atoms with Gasteiger partial charge in [-0.25, -0.2) is 0 Å². The second kappa shape index (κ2) is 4.83. The summed E-state index contributed by atoms with van der Waals surface area (Å²) in [6.45, 7) is 6.72. The molecule has 0 radical (unpaired) electrons. The van der Waals surface area contributed by atoms with Crippen LogP contribution < -0.4 is 5.32 Å². The lowest BCUT2D eigenvalue weighted by molar-refractivity contribution is 0.201. The Kier molecular flexibility index (Phi) is 4.02. The van der Waals surface area contributed by atoms with Crippen molar-refractivity contribution in [2.45, 2.75) is 26.7 Å². The molecule has 2 nitrogen and oxygen atoms in total. The summed E-state index contributed by atoms with van der Waals surface area (Å²) in [6.07, 6.45) is 2.63. The van der Waals surface area contributed by atoms with Gasteiger partial charge in [0.15, 0.2) is 0 Å². The van der Waals surface area contributed by atoms with Gasteiger partial charge in [-0.1, -0.05) is 20.3 Å². The highest BCUT2D eigenvalue weighted by Crippen LogP contribution is 2.46. The van der Waals surface area contributed by atoms with Crippen molar-refractivity contribution in [1.82, 2.24) is 5.32 Å². The van der Waals surface area contributed by atoms with E-state index in [0.29, 0.717) is 12.5 Å². The van der Waals surface area contributed by atoms with E-state index >= 15 is 0 Å². The average molecular weight is 171 g/mol. The number of rotatable bonds is 6. The van der Waals surface area contributed by atoms with E-state index in [9.17, 15) is 0 Å². The molecule has 0 amide bonds. The molecule has 2 N–H and O–H groups in total. The molecule has 1 aliphatic rings. The number of hydrogen-bond donors (Lipinski definition) is 2. The van der Waals surface area contributed by atoms with Gasteiger partial charge in [0.2, 0.25) is 0 Å². The predicted octanol–water partition coefficient (Wildman–Crippen LogP) is 1.25. The zero-order chi connectivity index (χ0) is 8.97. The topological polar surface area (TPSA) is 32.3 Å². The van der Waals surface area contributed by atoms with E-state index in [1.807, 2.05) is 0 Å². The van der Waals surface area contributed by atoms with Crippen LogP contribution in [0.25, 0.3) is 0 Å². The molecule has 0 aromatic heterocycles. The van der Waals surface area contributed by atoms with E-state index in [1.165, 1.54) is 12.8 Å². The molecule has 0 bridgehead atoms. The van der Waals surface area contributed by atoms with Crippen LogP contribution in [0.4, 0.5) is 0 Å². The lowest BCUT2D eigenvalue weighted by atomic mass is 10.0. The number of nitrogens with one attached hydrogen (secondary N) is 1. The van der Waals surface area contributed by atoms with Crippen molar-refractivity contribution >= 4 is 0 Å². The Balaban J connectivity index is 2.18. The fraction of sp³-hybridized carbons (Fsp3) is 1.00. The highest BCUT2D eigenvalue weighted by Gasteiger charge is 2.40. The number of aliphatic hydroxyl groups excluding tert-OH is 1. The maximum absolute atomic E-state index is 9.14. The Morgan fingerprint density at radius 3 is 2.67 bits per heavy atom. The molecule has 0 spiro atoms. The van der Waals surface area contributed by atoms with Crippen molar-refractivity contribution in [3.63, 3.8) is 0 Å². The molecule has 1 saturated carbocycles. The maximum atomic E-state index is 9.14. The lowest BCUT2D eigenvalue weighted by Gasteiger charge is -2.13. The minimum Gasteiger partial charge on any atom is -0.396 e. The molecule has 0 aromatic carbocycles. The minimum absolute atomic E-state index is 0.355. The highest BCUT2D eigenvalue weighted by atomic mass is 16.3. The third kappa shape index (κ3) is 2.46. The standard InChI is InChI=1S/C10H21NO/c1-3-8-5-10(8)9(7-12)6-11-4-2/h8-12H,3-7H2,1-2H3/t8?,9-,10+/m0/s1. The Hall–Kier alpha value is -0.0800. The smallest absolute Gasteiger partial charge is 0.0474 e. The first-order valence-corrected chi connectivity index (χ1v) is 5.15. The van der Waals surface area contributed by atoms with Gasteiger partial charge in [0.05, 0.1) is 0 Å². The van der Waals surface area contributed by atoms with E-state index in [-0.39, 0.29) is 0 Å². The summed E-state index contributed by atoms with van der Waals surface area (Å²) in [5, 5.41) is 12.4. The van der Waals surface area contributed by atoms with Crippen LogP contribution in [0.5, 0.6) is 0 Å². The van der Waals surface area contributed by atoms with Crippen LogP contribution in [0.15, 0.2) is 0 Å². The first-order valence-electron chi connectivity index (χ1n) is 5.15. The molecule has 0 aliphatic heterocycles. The van der Waals surface area contributed by atoms with Crippen LogP contribution in [0.2, 0.25) is 0 Å². The summed E-state index contributed by atoms with van der Waals surface area (Å²) in [4.78, 5) is 0. The normalized spacial score (nSPS) is 30.2. The summed E-state index contributed by atoms with van der Waals surface area (Å²) in [6, 6.07) is 0. The summed E-state index contributed by atoms with van der Waals surface area (Å²) in [7, 11) is 0. The molecule has 0 aromatic rings. The van der Waals surface area contributed by atoms with Crippen molar-refractivity contribution in [3.8, 4) is 0 Å². The Morgan fingerprint density at radius 2 is 2.25 bits per heavy atom. The van der Waals surface area contributed by atoms with Crippen LogP contribution in [0, 0.1) is 17.8 Å². The lowest BCUT2D eigenvalue weighted by Crippen LogP contribution is -2.26. The quantitative estimate of drug-likeness (QED) is 0.630. The second-order valence-electron chi connectivity index (χ2n) is 3.82. The van der Waals surface area contributed by atoms with Crippen LogP contribution in [-0.4, -0.2) is 24.8 Å². The molecule has 1 rings (SSSR count). The zero-order valence-corrected chi connectivity index (χ0v) is 8.21. The fourth-order valence-corrected chi connectivity index (χ4v) is 2.00. The van der Waals surface area contributed by atoms with E-state index in [0.717, 1.165) is 24.9 Å². The van der Waals surface area contributed by atoms with Crippen LogP contribution >= 0.6 is 0 Å². The van der Waals surface area contributed by atoms with Crippen molar-refractivity contribution in [2.24, 2.45) is 17.8 Å². The Labute approximate surface area is 75.4 Å². The van der Waals surface area contributed by atoms with Crippen LogP contribution in [0.3, 0.4) is 0 Å². The summed E-state index contributed by atoms with van der Waals surface area (Å²) < 4.78 is 0. The molecule has 1 aliphatic carbocycles. The van der Waals surface area contributed by atoms with E-state index in [1.54, 1.807) is 0 Å². The van der Waals surface area contributed by atoms with Gasteiger partial charge in [-0.2, -0.15) is 0 Å². The molecule has 1 unspecified atom stereocenters. The summed E-state index contributed by atoms with van der Waals surface area (Å²) in [5.41, 5.74) is 0. The van der Waals surface area contributed by atoms with Gasteiger partial charge >= 0.3 is 0 Å². The van der Waals surface area contributed by atoms with Crippen molar-refractivity contribution in [2.75, 3.05) is 19.7 Å². The van der Waals surface area contributed by atoms with Crippen molar-refractivity contribution in [3.05, 3.63) is 0 Å². The minimum atomic E-state index is 0.355. The maximum Gasteiger partial charge on any atom is 0.0474 e. The van der Waals surface area contributed by atoms with E-state index in [2.05, 4.69) is 19.2 Å². The first-order chi connectivity index (χ1) is 5.83. The van der Waals surface area contributed by atoms with Gasteiger partial charge in [-0.05, 0) is 30.7 Å². The molecule has 0 heterocycles. The fourth-order valence-electron chi connectivity index (χ4n) is 2.00. The number of hydrogen-bond acceptors (Lipinski definition) is 2. The van der Waals surface area contributed by atoms with Gasteiger partial charge in [0.1, 0.15) is 0 Å². The van der Waals surface area contributed by atoms with Crippen molar-refractivity contribution in [1.29, 1.82) is 0 Å². The number of aliphatic hydroxyl groups is 1. The second-order valence-corrected chi connectivity index (χ2v) is 3.82. The molecular formula is C10H21NO.